The van der Waals surface area contributed by atoms with Crippen LogP contribution >= 0.6 is 11.6 Å². The molecule has 5 nitrogen and oxygen atoms in total. The fourth-order valence-corrected chi connectivity index (χ4v) is 4.49. The number of carbonyl (C=O) groups excluding carboxylic acids is 2. The Morgan fingerprint density at radius 2 is 1.70 bits per heavy atom. The van der Waals surface area contributed by atoms with Crippen molar-refractivity contribution >= 4 is 23.5 Å². The summed E-state index contributed by atoms with van der Waals surface area (Å²) >= 11 is 6.02. The van der Waals surface area contributed by atoms with Crippen molar-refractivity contribution in [1.29, 1.82) is 0 Å². The maximum absolute atomic E-state index is 13.5. The molecule has 1 amide bonds. The van der Waals surface area contributed by atoms with Crippen LogP contribution in [0, 0.1) is 5.92 Å². The Morgan fingerprint density at radius 1 is 1.06 bits per heavy atom. The zero-order valence-electron chi connectivity index (χ0n) is 20.3. The van der Waals surface area contributed by atoms with Gasteiger partial charge in [0.15, 0.2) is 5.78 Å². The topological polar surface area (TPSA) is 68.3 Å². The minimum Gasteiger partial charge on any atom is -0.444 e. The zero-order valence-corrected chi connectivity index (χ0v) is 21.0. The predicted octanol–water partition coefficient (Wildman–Crippen LogP) is 7.04. The van der Waals surface area contributed by atoms with E-state index in [4.69, 9.17) is 16.3 Å². The number of nitrogens with one attached hydrogen (secondary N) is 1. The van der Waals surface area contributed by atoms with Crippen LogP contribution in [-0.4, -0.2) is 22.5 Å². The van der Waals surface area contributed by atoms with Crippen LogP contribution in [0.5, 0.6) is 0 Å². The molecule has 1 saturated carbocycles. The number of pyridine rings is 1. The first-order valence-corrected chi connectivity index (χ1v) is 12.2. The number of ether oxygens (including phenoxy) is 1. The van der Waals surface area contributed by atoms with Crippen LogP contribution in [0.25, 0.3) is 0 Å². The highest BCUT2D eigenvalue weighted by atomic mass is 35.5. The number of alkyl carbamates (subject to hydrolysis) is 1. The fourth-order valence-electron chi connectivity index (χ4n) is 4.37. The SMILES string of the molecule is CC(C)c1ccc(CNC(=O)OC(C)(C)C)nc1C(=O)C1CCC(c2ccc(Cl)cc2)CC1. The van der Waals surface area contributed by atoms with Gasteiger partial charge in [0.2, 0.25) is 0 Å². The summed E-state index contributed by atoms with van der Waals surface area (Å²) in [4.78, 5) is 30.2. The van der Waals surface area contributed by atoms with Crippen molar-refractivity contribution < 1.29 is 14.3 Å². The number of ketones is 1. The Balaban J connectivity index is 1.68. The zero-order chi connectivity index (χ0) is 24.2. The normalized spacial score (nSPS) is 18.8. The van der Waals surface area contributed by atoms with Crippen LogP contribution in [0.3, 0.4) is 0 Å². The molecule has 0 saturated heterocycles. The molecular formula is C27H35ClN2O3. The summed E-state index contributed by atoms with van der Waals surface area (Å²) in [5, 5.41) is 3.48. The molecule has 1 heterocycles. The molecule has 1 aromatic heterocycles. The molecule has 0 aliphatic heterocycles. The van der Waals surface area contributed by atoms with Crippen molar-refractivity contribution in [3.8, 4) is 0 Å². The highest BCUT2D eigenvalue weighted by Gasteiger charge is 2.30. The molecule has 1 N–H and O–H groups in total. The van der Waals surface area contributed by atoms with Gasteiger partial charge in [0.1, 0.15) is 11.3 Å². The van der Waals surface area contributed by atoms with Gasteiger partial charge >= 0.3 is 6.09 Å². The highest BCUT2D eigenvalue weighted by Crippen LogP contribution is 2.38. The summed E-state index contributed by atoms with van der Waals surface area (Å²) in [6, 6.07) is 11.9. The number of rotatable bonds is 6. The number of hydrogen-bond acceptors (Lipinski definition) is 4. The molecule has 0 unspecified atom stereocenters. The number of benzene rings is 1. The van der Waals surface area contributed by atoms with Crippen molar-refractivity contribution in [3.05, 3.63) is 63.9 Å². The van der Waals surface area contributed by atoms with Gasteiger partial charge in [-0.15, -0.1) is 0 Å². The lowest BCUT2D eigenvalue weighted by Gasteiger charge is -2.28. The lowest BCUT2D eigenvalue weighted by atomic mass is 9.76. The Morgan fingerprint density at radius 3 is 2.27 bits per heavy atom. The molecule has 0 bridgehead atoms. The molecule has 33 heavy (non-hydrogen) atoms. The Labute approximate surface area is 202 Å². The Kier molecular flexibility index (Phi) is 8.17. The lowest BCUT2D eigenvalue weighted by molar-refractivity contribution is 0.0523. The van der Waals surface area contributed by atoms with E-state index in [9.17, 15) is 9.59 Å². The monoisotopic (exact) mass is 470 g/mol. The highest BCUT2D eigenvalue weighted by molar-refractivity contribution is 6.30. The van der Waals surface area contributed by atoms with Gasteiger partial charge in [-0.3, -0.25) is 4.79 Å². The number of aromatic nitrogens is 1. The molecule has 1 fully saturated rings. The molecule has 1 aliphatic rings. The van der Waals surface area contributed by atoms with Crippen LogP contribution in [0.2, 0.25) is 5.02 Å². The minimum absolute atomic E-state index is 0.0207. The number of Topliss-reactive ketones (excluding diaryl/α,β-unsaturated/α-hetero) is 1. The molecule has 3 rings (SSSR count). The summed E-state index contributed by atoms with van der Waals surface area (Å²) in [6.45, 7) is 9.83. The van der Waals surface area contributed by atoms with E-state index in [1.54, 1.807) is 0 Å². The van der Waals surface area contributed by atoms with Gasteiger partial charge in [0, 0.05) is 10.9 Å². The van der Waals surface area contributed by atoms with Crippen LogP contribution < -0.4 is 5.32 Å². The third kappa shape index (κ3) is 7.04. The van der Waals surface area contributed by atoms with E-state index in [2.05, 4.69) is 36.3 Å². The molecule has 0 spiro atoms. The van der Waals surface area contributed by atoms with Crippen LogP contribution in [0.4, 0.5) is 4.79 Å². The van der Waals surface area contributed by atoms with Gasteiger partial charge in [-0.25, -0.2) is 9.78 Å². The molecule has 1 aromatic carbocycles. The second-order valence-corrected chi connectivity index (χ2v) is 10.7. The van der Waals surface area contributed by atoms with E-state index in [-0.39, 0.29) is 24.2 Å². The average Bonchev–Trinajstić information content (AvgIpc) is 2.76. The van der Waals surface area contributed by atoms with Crippen LogP contribution in [0.1, 0.15) is 99.4 Å². The van der Waals surface area contributed by atoms with Gasteiger partial charge in [-0.05, 0) is 87.6 Å². The van der Waals surface area contributed by atoms with E-state index in [1.165, 1.54) is 5.56 Å². The van der Waals surface area contributed by atoms with E-state index in [1.807, 2.05) is 45.0 Å². The second-order valence-electron chi connectivity index (χ2n) is 10.2. The summed E-state index contributed by atoms with van der Waals surface area (Å²) in [5.41, 5.74) is 2.89. The van der Waals surface area contributed by atoms with E-state index < -0.39 is 11.7 Å². The molecular weight excluding hydrogens is 436 g/mol. The third-order valence-corrected chi connectivity index (χ3v) is 6.34. The van der Waals surface area contributed by atoms with Crippen LogP contribution in [-0.2, 0) is 11.3 Å². The first-order chi connectivity index (χ1) is 15.5. The van der Waals surface area contributed by atoms with E-state index in [0.717, 1.165) is 36.3 Å². The number of halogens is 1. The van der Waals surface area contributed by atoms with Gasteiger partial charge < -0.3 is 10.1 Å². The molecule has 0 radical (unpaired) electrons. The summed E-state index contributed by atoms with van der Waals surface area (Å²) in [6.07, 6.45) is 3.17. The van der Waals surface area contributed by atoms with Gasteiger partial charge in [0.25, 0.3) is 0 Å². The number of nitrogens with zero attached hydrogens (tertiary/aromatic N) is 1. The number of hydrogen-bond donors (Lipinski definition) is 1. The maximum atomic E-state index is 13.5. The fraction of sp³-hybridized carbons (Fsp3) is 0.519. The second kappa shape index (κ2) is 10.7. The summed E-state index contributed by atoms with van der Waals surface area (Å²) in [5.74, 6) is 0.753. The van der Waals surface area contributed by atoms with Gasteiger partial charge in [-0.1, -0.05) is 43.6 Å². The van der Waals surface area contributed by atoms with Crippen molar-refractivity contribution in [1.82, 2.24) is 10.3 Å². The van der Waals surface area contributed by atoms with Crippen molar-refractivity contribution in [2.45, 2.75) is 84.3 Å². The molecule has 6 heteroatoms. The lowest BCUT2D eigenvalue weighted by Crippen LogP contribution is -2.32. The Hall–Kier alpha value is -2.40. The first-order valence-electron chi connectivity index (χ1n) is 11.8. The standard InChI is InChI=1S/C27H35ClN2O3/c1-17(2)23-15-14-22(16-29-26(32)33-27(3,4)5)30-24(23)25(31)20-8-6-18(7-9-20)19-10-12-21(28)13-11-19/h10-15,17-18,20H,6-9,16H2,1-5H3,(H,29,32). The molecule has 178 valence electrons. The van der Waals surface area contributed by atoms with Crippen LogP contribution in [0.15, 0.2) is 36.4 Å². The average molecular weight is 471 g/mol. The third-order valence-electron chi connectivity index (χ3n) is 6.09. The first kappa shape index (κ1) is 25.2. The summed E-state index contributed by atoms with van der Waals surface area (Å²) < 4.78 is 5.30. The van der Waals surface area contributed by atoms with Crippen molar-refractivity contribution in [2.75, 3.05) is 0 Å². The maximum Gasteiger partial charge on any atom is 0.407 e. The molecule has 1 aliphatic carbocycles. The largest absolute Gasteiger partial charge is 0.444 e. The molecule has 0 atom stereocenters. The van der Waals surface area contributed by atoms with Crippen molar-refractivity contribution in [2.24, 2.45) is 5.92 Å². The van der Waals surface area contributed by atoms with E-state index >= 15 is 0 Å². The predicted molar refractivity (Wildman–Crippen MR) is 132 cm³/mol. The number of carbonyl (C=O) groups is 2. The van der Waals surface area contributed by atoms with Gasteiger partial charge in [0.05, 0.1) is 12.2 Å². The molecule has 2 aromatic rings. The van der Waals surface area contributed by atoms with Crippen molar-refractivity contribution in [3.63, 3.8) is 0 Å². The number of amides is 1. The van der Waals surface area contributed by atoms with E-state index in [0.29, 0.717) is 17.3 Å². The summed E-state index contributed by atoms with van der Waals surface area (Å²) in [7, 11) is 0. The quantitative estimate of drug-likeness (QED) is 0.459. The minimum atomic E-state index is -0.564. The van der Waals surface area contributed by atoms with Gasteiger partial charge in [-0.2, -0.15) is 0 Å². The Bertz CT molecular complexity index is 972. The smallest absolute Gasteiger partial charge is 0.407 e.